The van der Waals surface area contributed by atoms with Crippen LogP contribution in [0.1, 0.15) is 51.1 Å². The Morgan fingerprint density at radius 2 is 1.74 bits per heavy atom. The van der Waals surface area contributed by atoms with E-state index >= 15 is 0 Å². The number of amides is 4. The maximum Gasteiger partial charge on any atom is 0.321 e. The normalized spacial score (nSPS) is 29.5. The zero-order valence-corrected chi connectivity index (χ0v) is 18.6. The van der Waals surface area contributed by atoms with Crippen molar-refractivity contribution in [1.29, 1.82) is 0 Å². The molecular formula is C23H33N5O3. The molecule has 0 radical (unpaired) electrons. The van der Waals surface area contributed by atoms with Crippen LogP contribution in [0.25, 0.3) is 0 Å². The number of pyridine rings is 1. The van der Waals surface area contributed by atoms with Gasteiger partial charge >= 0.3 is 6.03 Å². The molecule has 1 aromatic rings. The van der Waals surface area contributed by atoms with Crippen LogP contribution in [0, 0.1) is 24.7 Å². The van der Waals surface area contributed by atoms with E-state index < -0.39 is 18.0 Å². The third-order valence-electron chi connectivity index (χ3n) is 7.24. The topological polar surface area (TPSA) is 103 Å². The first-order chi connectivity index (χ1) is 14.7. The van der Waals surface area contributed by atoms with E-state index in [1.165, 1.54) is 19.3 Å². The fraction of sp³-hybridized carbons (Fsp3) is 0.652. The largest absolute Gasteiger partial charge is 0.332 e. The van der Waals surface area contributed by atoms with Gasteiger partial charge in [0.05, 0.1) is 12.6 Å². The van der Waals surface area contributed by atoms with Gasteiger partial charge in [0.25, 0.3) is 0 Å². The van der Waals surface area contributed by atoms with Gasteiger partial charge in [-0.1, -0.05) is 6.07 Å². The van der Waals surface area contributed by atoms with E-state index in [9.17, 15) is 14.4 Å². The third kappa shape index (κ3) is 5.06. The molecule has 1 aromatic heterocycles. The molecule has 0 saturated heterocycles. The average molecular weight is 428 g/mol. The molecule has 0 aliphatic heterocycles. The number of nitrogens with zero attached hydrogens (tertiary/aromatic N) is 2. The second kappa shape index (κ2) is 8.57. The highest BCUT2D eigenvalue weighted by Crippen LogP contribution is 2.55. The van der Waals surface area contributed by atoms with Crippen LogP contribution in [-0.2, 0) is 9.59 Å². The summed E-state index contributed by atoms with van der Waals surface area (Å²) in [6, 6.07) is 4.34. The molecule has 4 aliphatic carbocycles. The molecule has 0 spiro atoms. The summed E-state index contributed by atoms with van der Waals surface area (Å²) in [7, 11) is 1.69. The number of anilines is 1. The van der Waals surface area contributed by atoms with Crippen molar-refractivity contribution < 1.29 is 14.4 Å². The Hall–Kier alpha value is -2.48. The summed E-state index contributed by atoms with van der Waals surface area (Å²) in [5.74, 6) is 1.95. The number of hydrogen-bond acceptors (Lipinski definition) is 5. The number of hydrogen-bond donors (Lipinski definition) is 3. The smallest absolute Gasteiger partial charge is 0.321 e. The SMILES string of the molecule is Cc1cccc(NC(=O)CN(C)C(C)C(=O)NC(=O)NC23CC4CC(CC(C4)C2)C3)n1. The minimum absolute atomic E-state index is 0.0147. The molecule has 1 heterocycles. The molecule has 1 atom stereocenters. The number of carbonyl (C=O) groups is 3. The molecule has 4 aliphatic rings. The summed E-state index contributed by atoms with van der Waals surface area (Å²) in [5.41, 5.74) is 0.665. The van der Waals surface area contributed by atoms with Gasteiger partial charge in [-0.25, -0.2) is 9.78 Å². The van der Waals surface area contributed by atoms with E-state index in [1.54, 1.807) is 24.9 Å². The fourth-order valence-electron chi connectivity index (χ4n) is 6.11. The first-order valence-electron chi connectivity index (χ1n) is 11.3. The summed E-state index contributed by atoms with van der Waals surface area (Å²) in [6.45, 7) is 3.55. The summed E-state index contributed by atoms with van der Waals surface area (Å²) >= 11 is 0. The zero-order chi connectivity index (χ0) is 22.2. The lowest BCUT2D eigenvalue weighted by molar-refractivity contribution is -0.125. The lowest BCUT2D eigenvalue weighted by atomic mass is 9.53. The third-order valence-corrected chi connectivity index (χ3v) is 7.24. The predicted octanol–water partition coefficient (Wildman–Crippen LogP) is 2.44. The van der Waals surface area contributed by atoms with E-state index in [-0.39, 0.29) is 18.0 Å². The van der Waals surface area contributed by atoms with Crippen molar-refractivity contribution in [3.63, 3.8) is 0 Å². The van der Waals surface area contributed by atoms with E-state index in [2.05, 4.69) is 20.9 Å². The van der Waals surface area contributed by atoms with Crippen LogP contribution in [0.2, 0.25) is 0 Å². The Morgan fingerprint density at radius 1 is 1.13 bits per heavy atom. The van der Waals surface area contributed by atoms with Crippen molar-refractivity contribution >= 4 is 23.7 Å². The van der Waals surface area contributed by atoms with Crippen LogP contribution in [0.3, 0.4) is 0 Å². The summed E-state index contributed by atoms with van der Waals surface area (Å²) in [6.07, 6.45) is 6.98. The molecule has 4 fully saturated rings. The molecule has 8 nitrogen and oxygen atoms in total. The van der Waals surface area contributed by atoms with Gasteiger partial charge in [0.15, 0.2) is 0 Å². The average Bonchev–Trinajstić information content (AvgIpc) is 2.65. The highest BCUT2D eigenvalue weighted by Gasteiger charge is 2.51. The number of rotatable bonds is 6. The summed E-state index contributed by atoms with van der Waals surface area (Å²) in [5, 5.41) is 8.37. The van der Waals surface area contributed by atoms with Crippen molar-refractivity contribution in [2.24, 2.45) is 17.8 Å². The number of aromatic nitrogens is 1. The van der Waals surface area contributed by atoms with Crippen LogP contribution in [0.15, 0.2) is 18.2 Å². The Bertz CT molecular complexity index is 835. The molecule has 4 saturated carbocycles. The first-order valence-corrected chi connectivity index (χ1v) is 11.3. The summed E-state index contributed by atoms with van der Waals surface area (Å²) < 4.78 is 0. The van der Waals surface area contributed by atoms with E-state index in [4.69, 9.17) is 0 Å². The highest BCUT2D eigenvalue weighted by molar-refractivity contribution is 5.97. The van der Waals surface area contributed by atoms with Gasteiger partial charge in [-0.2, -0.15) is 0 Å². The molecule has 1 unspecified atom stereocenters. The molecule has 4 bridgehead atoms. The second-order valence-corrected chi connectivity index (χ2v) is 9.94. The quantitative estimate of drug-likeness (QED) is 0.647. The monoisotopic (exact) mass is 427 g/mol. The maximum atomic E-state index is 12.6. The van der Waals surface area contributed by atoms with Crippen LogP contribution in [-0.4, -0.2) is 52.9 Å². The lowest BCUT2D eigenvalue weighted by Crippen LogP contribution is -2.62. The van der Waals surface area contributed by atoms with Gasteiger partial charge < -0.3 is 10.6 Å². The van der Waals surface area contributed by atoms with Crippen LogP contribution < -0.4 is 16.0 Å². The lowest BCUT2D eigenvalue weighted by Gasteiger charge is -2.56. The van der Waals surface area contributed by atoms with Gasteiger partial charge in [-0.3, -0.25) is 19.8 Å². The molecule has 3 N–H and O–H groups in total. The molecule has 0 aromatic carbocycles. The molecule has 168 valence electrons. The highest BCUT2D eigenvalue weighted by atomic mass is 16.2. The molecule has 5 rings (SSSR count). The van der Waals surface area contributed by atoms with E-state index in [0.717, 1.165) is 25.0 Å². The van der Waals surface area contributed by atoms with Crippen LogP contribution in [0.4, 0.5) is 10.6 Å². The Labute approximate surface area is 183 Å². The Morgan fingerprint density at radius 3 is 2.32 bits per heavy atom. The van der Waals surface area contributed by atoms with Gasteiger partial charge in [0, 0.05) is 11.2 Å². The van der Waals surface area contributed by atoms with Crippen molar-refractivity contribution in [1.82, 2.24) is 20.5 Å². The number of carbonyl (C=O) groups excluding carboxylic acids is 3. The van der Waals surface area contributed by atoms with Crippen molar-refractivity contribution in [3.05, 3.63) is 23.9 Å². The van der Waals surface area contributed by atoms with Crippen molar-refractivity contribution in [2.75, 3.05) is 18.9 Å². The number of nitrogens with one attached hydrogen (secondary N) is 3. The second-order valence-electron chi connectivity index (χ2n) is 9.94. The van der Waals surface area contributed by atoms with E-state index in [0.29, 0.717) is 23.6 Å². The van der Waals surface area contributed by atoms with Crippen molar-refractivity contribution in [3.8, 4) is 0 Å². The number of imide groups is 1. The zero-order valence-electron chi connectivity index (χ0n) is 18.6. The summed E-state index contributed by atoms with van der Waals surface area (Å²) in [4.78, 5) is 43.4. The fourth-order valence-corrected chi connectivity index (χ4v) is 6.11. The standard InChI is InChI=1S/C23H33N5O3/c1-14-5-4-6-19(24-14)25-20(29)13-28(3)15(2)21(30)26-22(31)27-23-10-16-7-17(11-23)9-18(8-16)12-23/h4-6,15-18H,7-13H2,1-3H3,(H,24,25,29)(H2,26,27,30,31). The minimum atomic E-state index is -0.627. The molecular weight excluding hydrogens is 394 g/mol. The molecule has 31 heavy (non-hydrogen) atoms. The number of urea groups is 1. The van der Waals surface area contributed by atoms with Gasteiger partial charge in [-0.15, -0.1) is 0 Å². The Kier molecular flexibility index (Phi) is 6.01. The predicted molar refractivity (Wildman–Crippen MR) is 117 cm³/mol. The van der Waals surface area contributed by atoms with Crippen molar-refractivity contribution in [2.45, 2.75) is 64.0 Å². The number of aryl methyl sites for hydroxylation is 1. The minimum Gasteiger partial charge on any atom is -0.332 e. The molecule has 4 amide bonds. The van der Waals surface area contributed by atoms with E-state index in [1.807, 2.05) is 19.1 Å². The number of likely N-dealkylation sites (N-methyl/N-ethyl adjacent to an activating group) is 1. The molecule has 8 heteroatoms. The van der Waals surface area contributed by atoms with Gasteiger partial charge in [0.1, 0.15) is 5.82 Å². The first kappa shape index (κ1) is 21.7. The maximum absolute atomic E-state index is 12.6. The van der Waals surface area contributed by atoms with Gasteiger partial charge in [0.2, 0.25) is 11.8 Å². The van der Waals surface area contributed by atoms with Gasteiger partial charge in [-0.05, 0) is 89.3 Å². The Balaban J connectivity index is 1.26. The van der Waals surface area contributed by atoms with Crippen LogP contribution in [0.5, 0.6) is 0 Å². The van der Waals surface area contributed by atoms with Crippen LogP contribution >= 0.6 is 0 Å².